The predicted molar refractivity (Wildman–Crippen MR) is 98.1 cm³/mol. The van der Waals surface area contributed by atoms with E-state index in [1.165, 1.54) is 0 Å². The molecule has 0 heterocycles. The lowest BCUT2D eigenvalue weighted by molar-refractivity contribution is -0.142. The molecule has 0 bridgehead atoms. The molecule has 126 valence electrons. The maximum Gasteiger partial charge on any atom is 0.357 e. The molecule has 0 aromatic heterocycles. The largest absolute Gasteiger partial charge is 0.474 e. The van der Waals surface area contributed by atoms with Crippen LogP contribution in [0.3, 0.4) is 0 Å². The van der Waals surface area contributed by atoms with Crippen molar-refractivity contribution >= 4 is 17.6 Å². The van der Waals surface area contributed by atoms with Gasteiger partial charge in [-0.05, 0) is 48.9 Å². The fourth-order valence-electron chi connectivity index (χ4n) is 2.37. The minimum absolute atomic E-state index is 0.472. The molecule has 0 amide bonds. The summed E-state index contributed by atoms with van der Waals surface area (Å²) in [5.41, 5.74) is 1.72. The Bertz CT molecular complexity index is 845. The molecule has 0 saturated carbocycles. The fourth-order valence-corrected chi connectivity index (χ4v) is 2.50. The second-order valence-corrected chi connectivity index (χ2v) is 6.04. The molecule has 0 aliphatic heterocycles. The first-order valence-electron chi connectivity index (χ1n) is 7.87. The van der Waals surface area contributed by atoms with Gasteiger partial charge in [0.1, 0.15) is 11.5 Å². The maximum absolute atomic E-state index is 12.7. The number of para-hydroxylation sites is 1. The normalized spacial score (nSPS) is 11.6. The van der Waals surface area contributed by atoms with Gasteiger partial charge in [0.25, 0.3) is 0 Å². The third-order valence-electron chi connectivity index (χ3n) is 3.59. The Morgan fingerprint density at radius 1 is 0.880 bits per heavy atom. The van der Waals surface area contributed by atoms with Gasteiger partial charge in [-0.1, -0.05) is 54.1 Å². The van der Waals surface area contributed by atoms with E-state index in [1.54, 1.807) is 48.5 Å². The Balaban J connectivity index is 1.88. The van der Waals surface area contributed by atoms with Crippen molar-refractivity contribution < 1.29 is 14.3 Å². The first-order valence-corrected chi connectivity index (χ1v) is 8.25. The van der Waals surface area contributed by atoms with E-state index in [0.29, 0.717) is 22.1 Å². The van der Waals surface area contributed by atoms with E-state index < -0.39 is 12.1 Å². The monoisotopic (exact) mass is 352 g/mol. The smallest absolute Gasteiger partial charge is 0.357 e. The Hall–Kier alpha value is -2.78. The zero-order chi connectivity index (χ0) is 17.6. The first kappa shape index (κ1) is 17.1. The number of ether oxygens (including phenoxy) is 2. The molecular weight excluding hydrogens is 336 g/mol. The Morgan fingerprint density at radius 2 is 1.56 bits per heavy atom. The van der Waals surface area contributed by atoms with Gasteiger partial charge >= 0.3 is 5.97 Å². The van der Waals surface area contributed by atoms with Crippen LogP contribution in [-0.2, 0) is 4.79 Å². The highest BCUT2D eigenvalue weighted by Gasteiger charge is 2.25. The topological polar surface area (TPSA) is 35.5 Å². The van der Waals surface area contributed by atoms with Crippen LogP contribution in [0, 0.1) is 6.92 Å². The van der Waals surface area contributed by atoms with Gasteiger partial charge in [0.2, 0.25) is 6.10 Å². The molecule has 3 rings (SSSR count). The van der Waals surface area contributed by atoms with Gasteiger partial charge < -0.3 is 9.47 Å². The molecule has 0 aliphatic carbocycles. The van der Waals surface area contributed by atoms with Crippen molar-refractivity contribution in [1.82, 2.24) is 0 Å². The number of esters is 1. The molecule has 25 heavy (non-hydrogen) atoms. The summed E-state index contributed by atoms with van der Waals surface area (Å²) in [5.74, 6) is 0.583. The molecule has 0 saturated heterocycles. The van der Waals surface area contributed by atoms with Gasteiger partial charge in [-0.3, -0.25) is 0 Å². The van der Waals surface area contributed by atoms with Crippen molar-refractivity contribution in [2.45, 2.75) is 13.0 Å². The van der Waals surface area contributed by atoms with Crippen molar-refractivity contribution in [3.05, 3.63) is 95.0 Å². The van der Waals surface area contributed by atoms with Crippen LogP contribution in [0.1, 0.15) is 17.2 Å². The molecule has 1 atom stereocenters. The lowest BCUT2D eigenvalue weighted by Gasteiger charge is -2.18. The predicted octanol–water partition coefficient (Wildman–Crippen LogP) is 5.37. The maximum atomic E-state index is 12.7. The van der Waals surface area contributed by atoms with Crippen LogP contribution in [0.5, 0.6) is 11.5 Å². The minimum Gasteiger partial charge on any atom is -0.474 e. The Morgan fingerprint density at radius 3 is 2.24 bits per heavy atom. The number of rotatable bonds is 5. The highest BCUT2D eigenvalue weighted by Crippen LogP contribution is 2.26. The molecule has 0 aliphatic rings. The Kier molecular flexibility index (Phi) is 5.36. The van der Waals surface area contributed by atoms with Gasteiger partial charge in [0, 0.05) is 10.6 Å². The van der Waals surface area contributed by atoms with Gasteiger partial charge in [-0.25, -0.2) is 4.79 Å². The van der Waals surface area contributed by atoms with E-state index in [-0.39, 0.29) is 0 Å². The van der Waals surface area contributed by atoms with E-state index in [4.69, 9.17) is 21.1 Å². The summed E-state index contributed by atoms with van der Waals surface area (Å²) < 4.78 is 11.4. The summed E-state index contributed by atoms with van der Waals surface area (Å²) in [5, 5.41) is 0.592. The molecule has 0 spiro atoms. The molecule has 1 unspecified atom stereocenters. The van der Waals surface area contributed by atoms with Crippen molar-refractivity contribution in [3.8, 4) is 11.5 Å². The standard InChI is InChI=1S/C21H17ClO3/c1-15-6-5-9-19(14-15)24-20(16-10-12-17(22)13-11-16)21(23)25-18-7-3-2-4-8-18/h2-14,20H,1H3. The number of halogens is 1. The van der Waals surface area contributed by atoms with Gasteiger partial charge in [-0.2, -0.15) is 0 Å². The van der Waals surface area contributed by atoms with Crippen molar-refractivity contribution in [2.24, 2.45) is 0 Å². The lowest BCUT2D eigenvalue weighted by Crippen LogP contribution is -2.23. The molecule has 0 N–H and O–H groups in total. The van der Waals surface area contributed by atoms with Crippen molar-refractivity contribution in [2.75, 3.05) is 0 Å². The summed E-state index contributed by atoms with van der Waals surface area (Å²) in [6, 6.07) is 23.4. The second-order valence-electron chi connectivity index (χ2n) is 5.60. The van der Waals surface area contributed by atoms with Crippen LogP contribution in [0.15, 0.2) is 78.9 Å². The summed E-state index contributed by atoms with van der Waals surface area (Å²) in [6.07, 6.45) is -0.890. The van der Waals surface area contributed by atoms with Crippen LogP contribution < -0.4 is 9.47 Å². The molecule has 3 aromatic carbocycles. The van der Waals surface area contributed by atoms with Crippen molar-refractivity contribution in [3.63, 3.8) is 0 Å². The van der Waals surface area contributed by atoms with Crippen LogP contribution in [0.4, 0.5) is 0 Å². The van der Waals surface area contributed by atoms with Gasteiger partial charge in [0.15, 0.2) is 0 Å². The summed E-state index contributed by atoms with van der Waals surface area (Å²) in [6.45, 7) is 1.96. The number of benzene rings is 3. The van der Waals surface area contributed by atoms with Crippen LogP contribution in [0.2, 0.25) is 5.02 Å². The molecule has 3 nitrogen and oxygen atoms in total. The average Bonchev–Trinajstić information content (AvgIpc) is 2.61. The highest BCUT2D eigenvalue weighted by atomic mass is 35.5. The third kappa shape index (κ3) is 4.61. The lowest BCUT2D eigenvalue weighted by atomic mass is 10.1. The number of hydrogen-bond acceptors (Lipinski definition) is 3. The summed E-state index contributed by atoms with van der Waals surface area (Å²) >= 11 is 5.95. The molecule has 0 radical (unpaired) electrons. The molecule has 0 fully saturated rings. The van der Waals surface area contributed by atoms with Crippen molar-refractivity contribution in [1.29, 1.82) is 0 Å². The SMILES string of the molecule is Cc1cccc(OC(C(=O)Oc2ccccc2)c2ccc(Cl)cc2)c1. The van der Waals surface area contributed by atoms with Crippen LogP contribution in [-0.4, -0.2) is 5.97 Å². The zero-order valence-corrected chi connectivity index (χ0v) is 14.4. The van der Waals surface area contributed by atoms with Gasteiger partial charge in [-0.15, -0.1) is 0 Å². The second kappa shape index (κ2) is 7.86. The first-order chi connectivity index (χ1) is 12.1. The summed E-state index contributed by atoms with van der Waals surface area (Å²) in [7, 11) is 0. The average molecular weight is 353 g/mol. The van der Waals surface area contributed by atoms with E-state index in [1.807, 2.05) is 37.3 Å². The fraction of sp³-hybridized carbons (Fsp3) is 0.0952. The number of carbonyl (C=O) groups excluding carboxylic acids is 1. The van der Waals surface area contributed by atoms with E-state index in [0.717, 1.165) is 5.56 Å². The summed E-state index contributed by atoms with van der Waals surface area (Å²) in [4.78, 5) is 12.7. The minimum atomic E-state index is -0.890. The molecular formula is C21H17ClO3. The number of carbonyl (C=O) groups is 1. The number of aryl methyl sites for hydroxylation is 1. The number of hydrogen-bond donors (Lipinski definition) is 0. The third-order valence-corrected chi connectivity index (χ3v) is 3.84. The highest BCUT2D eigenvalue weighted by molar-refractivity contribution is 6.30. The van der Waals surface area contributed by atoms with E-state index in [2.05, 4.69) is 0 Å². The molecule has 4 heteroatoms. The van der Waals surface area contributed by atoms with Crippen LogP contribution >= 0.6 is 11.6 Å². The van der Waals surface area contributed by atoms with Gasteiger partial charge in [0.05, 0.1) is 0 Å². The Labute approximate surface area is 151 Å². The van der Waals surface area contributed by atoms with E-state index in [9.17, 15) is 4.79 Å². The van der Waals surface area contributed by atoms with E-state index >= 15 is 0 Å². The van der Waals surface area contributed by atoms with Crippen LogP contribution in [0.25, 0.3) is 0 Å². The molecule has 3 aromatic rings. The zero-order valence-electron chi connectivity index (χ0n) is 13.7. The quantitative estimate of drug-likeness (QED) is 0.457.